The third-order valence-corrected chi connectivity index (χ3v) is 7.61. The average molecular weight is 566 g/mol. The molecule has 0 aliphatic carbocycles. The number of carbonyl (C=O) groups is 2. The van der Waals surface area contributed by atoms with Gasteiger partial charge >= 0.3 is 0 Å². The highest BCUT2D eigenvalue weighted by atomic mass is 35.5. The van der Waals surface area contributed by atoms with Crippen molar-refractivity contribution in [2.45, 2.75) is 52.1 Å². The average Bonchev–Trinajstić information content (AvgIpc) is 2.89. The van der Waals surface area contributed by atoms with Crippen molar-refractivity contribution in [2.24, 2.45) is 0 Å². The molecule has 3 rings (SSSR count). The number of nitrogens with zero attached hydrogens (tertiary/aromatic N) is 2. The third-order valence-electron chi connectivity index (χ3n) is 6.17. The van der Waals surface area contributed by atoms with Crippen LogP contribution >= 0.6 is 11.6 Å². The lowest BCUT2D eigenvalue weighted by Gasteiger charge is -2.31. The van der Waals surface area contributed by atoms with E-state index in [0.717, 1.165) is 18.2 Å². The van der Waals surface area contributed by atoms with Gasteiger partial charge < -0.3 is 19.7 Å². The Hall–Kier alpha value is -2.98. The number of nitrogens with one attached hydrogen (secondary N) is 1. The molecular formula is C27H36ClN3O6S. The van der Waals surface area contributed by atoms with Gasteiger partial charge in [0.25, 0.3) is 0 Å². The molecule has 2 amide bonds. The predicted octanol–water partition coefficient (Wildman–Crippen LogP) is 3.99. The van der Waals surface area contributed by atoms with Gasteiger partial charge in [0, 0.05) is 37.1 Å². The number of fused-ring (bicyclic) bond motifs is 1. The number of halogens is 1. The molecule has 9 nitrogen and oxygen atoms in total. The van der Waals surface area contributed by atoms with Crippen LogP contribution in [0.1, 0.15) is 45.1 Å². The molecule has 1 aliphatic rings. The summed E-state index contributed by atoms with van der Waals surface area (Å²) in [6, 6.07) is 11.5. The Labute approximate surface area is 230 Å². The van der Waals surface area contributed by atoms with E-state index in [1.807, 2.05) is 26.0 Å². The van der Waals surface area contributed by atoms with Crippen LogP contribution in [0.25, 0.3) is 0 Å². The summed E-state index contributed by atoms with van der Waals surface area (Å²) >= 11 is 6.02. The molecule has 0 bridgehead atoms. The number of hydrogen-bond acceptors (Lipinski definition) is 6. The van der Waals surface area contributed by atoms with Crippen molar-refractivity contribution in [3.8, 4) is 11.5 Å². The minimum atomic E-state index is -3.62. The second-order valence-electron chi connectivity index (χ2n) is 9.13. The molecule has 38 heavy (non-hydrogen) atoms. The van der Waals surface area contributed by atoms with Crippen LogP contribution in [-0.4, -0.2) is 63.7 Å². The fourth-order valence-electron chi connectivity index (χ4n) is 4.26. The summed E-state index contributed by atoms with van der Waals surface area (Å²) < 4.78 is 37.6. The first-order chi connectivity index (χ1) is 18.1. The molecular weight excluding hydrogens is 530 g/mol. The van der Waals surface area contributed by atoms with E-state index in [1.54, 1.807) is 35.2 Å². The first-order valence-corrected chi connectivity index (χ1v) is 15.1. The first-order valence-electron chi connectivity index (χ1n) is 12.8. The molecule has 1 heterocycles. The highest BCUT2D eigenvalue weighted by Gasteiger charge is 2.29. The molecule has 208 valence electrons. The monoisotopic (exact) mass is 565 g/mol. The fraction of sp³-hybridized carbons (Fsp3) is 0.481. The molecule has 0 saturated carbocycles. The summed E-state index contributed by atoms with van der Waals surface area (Å²) in [5, 5.41) is 3.47. The van der Waals surface area contributed by atoms with Crippen LogP contribution in [0.15, 0.2) is 42.5 Å². The van der Waals surface area contributed by atoms with Gasteiger partial charge in [-0.3, -0.25) is 13.9 Å². The Morgan fingerprint density at radius 2 is 1.74 bits per heavy atom. The van der Waals surface area contributed by atoms with Crippen molar-refractivity contribution in [3.63, 3.8) is 0 Å². The van der Waals surface area contributed by atoms with Crippen LogP contribution in [0.3, 0.4) is 0 Å². The molecule has 0 aromatic heterocycles. The standard InChI is InChI=1S/C27H36ClN3O6S/c1-4-14-29-27(33)23(5-2)30(19-20-8-10-21(28)11-9-20)26(32)7-6-15-31(38(3,34)35)22-12-13-24-25(18-22)37-17-16-36-24/h8-13,18,23H,4-7,14-17,19H2,1-3H3,(H,29,33)/t23-/m1/s1. The lowest BCUT2D eigenvalue weighted by molar-refractivity contribution is -0.141. The molecule has 2 aromatic carbocycles. The maximum Gasteiger partial charge on any atom is 0.242 e. The van der Waals surface area contributed by atoms with Crippen molar-refractivity contribution in [1.29, 1.82) is 0 Å². The Bertz CT molecular complexity index is 1210. The van der Waals surface area contributed by atoms with Crippen LogP contribution in [-0.2, 0) is 26.2 Å². The van der Waals surface area contributed by atoms with E-state index in [4.69, 9.17) is 21.1 Å². The first kappa shape index (κ1) is 29.6. The van der Waals surface area contributed by atoms with Crippen LogP contribution in [0.4, 0.5) is 5.69 Å². The van der Waals surface area contributed by atoms with Crippen molar-refractivity contribution < 1.29 is 27.5 Å². The molecule has 1 aliphatic heterocycles. The topological polar surface area (TPSA) is 105 Å². The van der Waals surface area contributed by atoms with Gasteiger partial charge in [0.05, 0.1) is 11.9 Å². The number of carbonyl (C=O) groups excluding carboxylic acids is 2. The second-order valence-corrected chi connectivity index (χ2v) is 11.5. The van der Waals surface area contributed by atoms with E-state index in [-0.39, 0.29) is 37.7 Å². The Morgan fingerprint density at radius 1 is 1.05 bits per heavy atom. The quantitative estimate of drug-likeness (QED) is 0.394. The van der Waals surface area contributed by atoms with Crippen molar-refractivity contribution >= 4 is 39.1 Å². The van der Waals surface area contributed by atoms with E-state index in [0.29, 0.717) is 48.4 Å². The van der Waals surface area contributed by atoms with Gasteiger partial charge in [-0.15, -0.1) is 0 Å². The number of sulfonamides is 1. The fourth-order valence-corrected chi connectivity index (χ4v) is 5.35. The van der Waals surface area contributed by atoms with Gasteiger partial charge in [0.1, 0.15) is 19.3 Å². The zero-order valence-electron chi connectivity index (χ0n) is 22.1. The molecule has 0 fully saturated rings. The summed E-state index contributed by atoms with van der Waals surface area (Å²) in [4.78, 5) is 27.9. The van der Waals surface area contributed by atoms with E-state index in [2.05, 4.69) is 5.32 Å². The Balaban J connectivity index is 1.75. The lowest BCUT2D eigenvalue weighted by Crippen LogP contribution is -2.49. The van der Waals surface area contributed by atoms with E-state index in [1.165, 1.54) is 4.31 Å². The van der Waals surface area contributed by atoms with E-state index >= 15 is 0 Å². The van der Waals surface area contributed by atoms with E-state index < -0.39 is 16.1 Å². The minimum Gasteiger partial charge on any atom is -0.486 e. The normalized spacial score (nSPS) is 13.5. The molecule has 0 saturated heterocycles. The number of benzene rings is 2. The molecule has 1 N–H and O–H groups in total. The Kier molecular flexibility index (Phi) is 10.7. The Morgan fingerprint density at radius 3 is 2.37 bits per heavy atom. The maximum atomic E-state index is 13.5. The van der Waals surface area contributed by atoms with Gasteiger partial charge in [-0.25, -0.2) is 8.42 Å². The number of rotatable bonds is 13. The van der Waals surface area contributed by atoms with Gasteiger partial charge in [-0.1, -0.05) is 37.6 Å². The number of amides is 2. The predicted molar refractivity (Wildman–Crippen MR) is 148 cm³/mol. The number of hydrogen-bond donors (Lipinski definition) is 1. The summed E-state index contributed by atoms with van der Waals surface area (Å²) in [7, 11) is -3.62. The SMILES string of the molecule is CCCNC(=O)[C@@H](CC)N(Cc1ccc(Cl)cc1)C(=O)CCCN(c1ccc2c(c1)OCCO2)S(C)(=O)=O. The maximum absolute atomic E-state index is 13.5. The largest absolute Gasteiger partial charge is 0.486 e. The van der Waals surface area contributed by atoms with Gasteiger partial charge in [0.2, 0.25) is 21.8 Å². The third kappa shape index (κ3) is 8.01. The van der Waals surface area contributed by atoms with Crippen LogP contribution < -0.4 is 19.1 Å². The molecule has 0 radical (unpaired) electrons. The second kappa shape index (κ2) is 13.7. The van der Waals surface area contributed by atoms with Crippen LogP contribution in [0.2, 0.25) is 5.02 Å². The minimum absolute atomic E-state index is 0.0712. The molecule has 2 aromatic rings. The summed E-state index contributed by atoms with van der Waals surface area (Å²) in [6.45, 7) is 5.52. The molecule has 0 spiro atoms. The van der Waals surface area contributed by atoms with Crippen molar-refractivity contribution in [1.82, 2.24) is 10.2 Å². The number of ether oxygens (including phenoxy) is 2. The highest BCUT2D eigenvalue weighted by molar-refractivity contribution is 7.92. The highest BCUT2D eigenvalue weighted by Crippen LogP contribution is 2.34. The number of anilines is 1. The molecule has 0 unspecified atom stereocenters. The summed E-state index contributed by atoms with van der Waals surface area (Å²) in [5.41, 5.74) is 1.28. The van der Waals surface area contributed by atoms with Gasteiger partial charge in [-0.2, -0.15) is 0 Å². The van der Waals surface area contributed by atoms with E-state index in [9.17, 15) is 18.0 Å². The zero-order valence-corrected chi connectivity index (χ0v) is 23.7. The van der Waals surface area contributed by atoms with Crippen molar-refractivity contribution in [3.05, 3.63) is 53.1 Å². The summed E-state index contributed by atoms with van der Waals surface area (Å²) in [5.74, 6) is 0.615. The van der Waals surface area contributed by atoms with Crippen molar-refractivity contribution in [2.75, 3.05) is 36.9 Å². The smallest absolute Gasteiger partial charge is 0.242 e. The lowest BCUT2D eigenvalue weighted by atomic mass is 10.1. The molecule has 1 atom stereocenters. The summed E-state index contributed by atoms with van der Waals surface area (Å²) in [6.07, 6.45) is 2.70. The van der Waals surface area contributed by atoms with Gasteiger partial charge in [-0.05, 0) is 49.1 Å². The van der Waals surface area contributed by atoms with Crippen LogP contribution in [0.5, 0.6) is 11.5 Å². The van der Waals surface area contributed by atoms with Crippen LogP contribution in [0, 0.1) is 0 Å². The molecule has 11 heteroatoms. The zero-order chi connectivity index (χ0) is 27.7. The van der Waals surface area contributed by atoms with Gasteiger partial charge in [0.15, 0.2) is 11.5 Å².